The van der Waals surface area contributed by atoms with Crippen LogP contribution in [0.5, 0.6) is 0 Å². The van der Waals surface area contributed by atoms with Gasteiger partial charge in [0, 0.05) is 6.54 Å². The van der Waals surface area contributed by atoms with Crippen LogP contribution in [0.4, 0.5) is 0 Å². The molecule has 1 atom stereocenters. The standard InChI is InChI=1S/C14H23NO/c1-2-3-4-8-11-15-12-14(16)13-9-6-5-7-10-13/h5-7,9-10,14-16H,2-4,8,11-12H2,1H3/t14-/m1/s1. The van der Waals surface area contributed by atoms with E-state index >= 15 is 0 Å². The average Bonchev–Trinajstić information content (AvgIpc) is 2.34. The van der Waals surface area contributed by atoms with Gasteiger partial charge in [0.05, 0.1) is 6.10 Å². The van der Waals surface area contributed by atoms with Crippen molar-refractivity contribution in [1.29, 1.82) is 0 Å². The van der Waals surface area contributed by atoms with E-state index in [9.17, 15) is 5.11 Å². The van der Waals surface area contributed by atoms with Gasteiger partial charge < -0.3 is 10.4 Å². The second-order valence-corrected chi connectivity index (χ2v) is 4.19. The molecule has 0 unspecified atom stereocenters. The number of aliphatic hydroxyl groups excluding tert-OH is 1. The Hall–Kier alpha value is -0.860. The lowest BCUT2D eigenvalue weighted by molar-refractivity contribution is 0.174. The third kappa shape index (κ3) is 5.29. The monoisotopic (exact) mass is 221 g/mol. The summed E-state index contributed by atoms with van der Waals surface area (Å²) in [6, 6.07) is 9.81. The summed E-state index contributed by atoms with van der Waals surface area (Å²) in [6.07, 6.45) is 4.68. The summed E-state index contributed by atoms with van der Waals surface area (Å²) in [4.78, 5) is 0. The summed E-state index contributed by atoms with van der Waals surface area (Å²) in [7, 11) is 0. The molecule has 2 heteroatoms. The van der Waals surface area contributed by atoms with Gasteiger partial charge in [0.2, 0.25) is 0 Å². The van der Waals surface area contributed by atoms with Gasteiger partial charge in [-0.05, 0) is 18.5 Å². The first kappa shape index (κ1) is 13.2. The van der Waals surface area contributed by atoms with Crippen molar-refractivity contribution < 1.29 is 5.11 Å². The summed E-state index contributed by atoms with van der Waals surface area (Å²) in [5, 5.41) is 13.2. The van der Waals surface area contributed by atoms with Gasteiger partial charge in [-0.2, -0.15) is 0 Å². The van der Waals surface area contributed by atoms with Gasteiger partial charge in [0.25, 0.3) is 0 Å². The Morgan fingerprint density at radius 1 is 1.12 bits per heavy atom. The minimum absolute atomic E-state index is 0.382. The Bertz CT molecular complexity index is 261. The highest BCUT2D eigenvalue weighted by Gasteiger charge is 2.04. The molecule has 0 aliphatic heterocycles. The van der Waals surface area contributed by atoms with Crippen molar-refractivity contribution in [1.82, 2.24) is 5.32 Å². The quantitative estimate of drug-likeness (QED) is 0.662. The second kappa shape index (κ2) is 8.31. The van der Waals surface area contributed by atoms with Gasteiger partial charge in [-0.3, -0.25) is 0 Å². The molecule has 0 saturated heterocycles. The second-order valence-electron chi connectivity index (χ2n) is 4.19. The van der Waals surface area contributed by atoms with Crippen molar-refractivity contribution in [2.24, 2.45) is 0 Å². The van der Waals surface area contributed by atoms with Crippen LogP contribution in [-0.2, 0) is 0 Å². The van der Waals surface area contributed by atoms with E-state index < -0.39 is 0 Å². The van der Waals surface area contributed by atoms with Crippen LogP contribution < -0.4 is 5.32 Å². The molecule has 1 rings (SSSR count). The molecule has 2 nitrogen and oxygen atoms in total. The lowest BCUT2D eigenvalue weighted by Crippen LogP contribution is -2.22. The zero-order valence-corrected chi connectivity index (χ0v) is 10.2. The molecule has 0 fully saturated rings. The molecule has 0 aromatic heterocycles. The smallest absolute Gasteiger partial charge is 0.0914 e. The fourth-order valence-electron chi connectivity index (χ4n) is 1.71. The number of unbranched alkanes of at least 4 members (excludes halogenated alkanes) is 3. The maximum Gasteiger partial charge on any atom is 0.0914 e. The first-order valence-corrected chi connectivity index (χ1v) is 6.28. The molecule has 0 heterocycles. The molecule has 16 heavy (non-hydrogen) atoms. The summed E-state index contributed by atoms with van der Waals surface area (Å²) in [6.45, 7) is 3.87. The normalized spacial score (nSPS) is 12.6. The highest BCUT2D eigenvalue weighted by Crippen LogP contribution is 2.10. The summed E-state index contributed by atoms with van der Waals surface area (Å²) in [5.74, 6) is 0. The van der Waals surface area contributed by atoms with E-state index in [-0.39, 0.29) is 6.10 Å². The van der Waals surface area contributed by atoms with Crippen LogP contribution >= 0.6 is 0 Å². The predicted octanol–water partition coefficient (Wildman–Crippen LogP) is 2.89. The zero-order chi connectivity index (χ0) is 11.6. The minimum atomic E-state index is -0.382. The molecule has 1 aromatic rings. The Balaban J connectivity index is 2.09. The average molecular weight is 221 g/mol. The highest BCUT2D eigenvalue weighted by molar-refractivity contribution is 5.17. The van der Waals surface area contributed by atoms with Gasteiger partial charge in [-0.25, -0.2) is 0 Å². The van der Waals surface area contributed by atoms with Crippen molar-refractivity contribution in [3.05, 3.63) is 35.9 Å². The van der Waals surface area contributed by atoms with Crippen LogP contribution in [0.25, 0.3) is 0 Å². The van der Waals surface area contributed by atoms with Crippen LogP contribution in [-0.4, -0.2) is 18.2 Å². The summed E-state index contributed by atoms with van der Waals surface area (Å²) >= 11 is 0. The maximum atomic E-state index is 9.86. The Kier molecular flexibility index (Phi) is 6.86. The van der Waals surface area contributed by atoms with E-state index in [2.05, 4.69) is 12.2 Å². The molecule has 0 spiro atoms. The van der Waals surface area contributed by atoms with Gasteiger partial charge in [-0.1, -0.05) is 56.5 Å². The van der Waals surface area contributed by atoms with Gasteiger partial charge in [0.15, 0.2) is 0 Å². The summed E-state index contributed by atoms with van der Waals surface area (Å²) < 4.78 is 0. The third-order valence-electron chi connectivity index (χ3n) is 2.73. The lowest BCUT2D eigenvalue weighted by atomic mass is 10.1. The number of aliphatic hydroxyl groups is 1. The van der Waals surface area contributed by atoms with E-state index in [1.807, 2.05) is 30.3 Å². The molecule has 0 bridgehead atoms. The third-order valence-corrected chi connectivity index (χ3v) is 2.73. The Labute approximate surface area is 98.7 Å². The largest absolute Gasteiger partial charge is 0.387 e. The van der Waals surface area contributed by atoms with Crippen LogP contribution in [0.3, 0.4) is 0 Å². The molecule has 0 aliphatic carbocycles. The SMILES string of the molecule is CCCCCCNC[C@@H](O)c1ccccc1. The Morgan fingerprint density at radius 3 is 2.56 bits per heavy atom. The van der Waals surface area contributed by atoms with Gasteiger partial charge in [-0.15, -0.1) is 0 Å². The number of hydrogen-bond donors (Lipinski definition) is 2. The van der Waals surface area contributed by atoms with Crippen molar-refractivity contribution in [2.75, 3.05) is 13.1 Å². The van der Waals surface area contributed by atoms with Crippen LogP contribution in [0.2, 0.25) is 0 Å². The fourth-order valence-corrected chi connectivity index (χ4v) is 1.71. The van der Waals surface area contributed by atoms with Crippen LogP contribution in [0.15, 0.2) is 30.3 Å². The van der Waals surface area contributed by atoms with E-state index in [1.54, 1.807) is 0 Å². The van der Waals surface area contributed by atoms with Crippen LogP contribution in [0, 0.1) is 0 Å². The van der Waals surface area contributed by atoms with E-state index in [4.69, 9.17) is 0 Å². The molecular formula is C14H23NO. The zero-order valence-electron chi connectivity index (χ0n) is 10.2. The number of hydrogen-bond acceptors (Lipinski definition) is 2. The predicted molar refractivity (Wildman–Crippen MR) is 68.4 cm³/mol. The fraction of sp³-hybridized carbons (Fsp3) is 0.571. The number of benzene rings is 1. The topological polar surface area (TPSA) is 32.3 Å². The van der Waals surface area contributed by atoms with Crippen molar-refractivity contribution >= 4 is 0 Å². The summed E-state index contributed by atoms with van der Waals surface area (Å²) in [5.41, 5.74) is 0.989. The molecule has 90 valence electrons. The molecule has 1 aromatic carbocycles. The van der Waals surface area contributed by atoms with E-state index in [1.165, 1.54) is 25.7 Å². The van der Waals surface area contributed by atoms with Crippen LogP contribution in [0.1, 0.15) is 44.3 Å². The van der Waals surface area contributed by atoms with Crippen molar-refractivity contribution in [3.8, 4) is 0 Å². The van der Waals surface area contributed by atoms with Gasteiger partial charge in [0.1, 0.15) is 0 Å². The first-order chi connectivity index (χ1) is 7.84. The molecule has 2 N–H and O–H groups in total. The Morgan fingerprint density at radius 2 is 1.88 bits per heavy atom. The van der Waals surface area contributed by atoms with E-state index in [0.717, 1.165) is 12.1 Å². The van der Waals surface area contributed by atoms with Crippen molar-refractivity contribution in [2.45, 2.75) is 38.7 Å². The molecule has 0 radical (unpaired) electrons. The lowest BCUT2D eigenvalue weighted by Gasteiger charge is -2.11. The minimum Gasteiger partial charge on any atom is -0.387 e. The van der Waals surface area contributed by atoms with E-state index in [0.29, 0.717) is 6.54 Å². The van der Waals surface area contributed by atoms with Crippen molar-refractivity contribution in [3.63, 3.8) is 0 Å². The molecule has 0 aliphatic rings. The maximum absolute atomic E-state index is 9.86. The molecule has 0 saturated carbocycles. The molecular weight excluding hydrogens is 198 g/mol. The number of nitrogens with one attached hydrogen (secondary N) is 1. The van der Waals surface area contributed by atoms with Gasteiger partial charge >= 0.3 is 0 Å². The highest BCUT2D eigenvalue weighted by atomic mass is 16.3. The first-order valence-electron chi connectivity index (χ1n) is 6.28. The number of rotatable bonds is 8. The molecule has 0 amide bonds.